The largest absolute Gasteiger partial charge is 0.397 e. The molecule has 1 aliphatic heterocycles. The molecule has 0 spiro atoms. The number of hydrogen-bond acceptors (Lipinski definition) is 5. The first-order valence-electron chi connectivity index (χ1n) is 6.05. The van der Waals surface area contributed by atoms with E-state index in [1.165, 1.54) is 0 Å². The first kappa shape index (κ1) is 13.7. The van der Waals surface area contributed by atoms with Gasteiger partial charge in [0.25, 0.3) is 5.91 Å². The molecule has 0 aromatic heterocycles. The minimum Gasteiger partial charge on any atom is -0.397 e. The van der Waals surface area contributed by atoms with E-state index >= 15 is 0 Å². The highest BCUT2D eigenvalue weighted by molar-refractivity contribution is 7.92. The van der Waals surface area contributed by atoms with Crippen molar-refractivity contribution in [2.75, 3.05) is 23.3 Å². The van der Waals surface area contributed by atoms with E-state index in [9.17, 15) is 13.2 Å². The molecule has 1 aliphatic rings. The van der Waals surface area contributed by atoms with Crippen LogP contribution in [0.25, 0.3) is 0 Å². The van der Waals surface area contributed by atoms with Gasteiger partial charge in [-0.2, -0.15) is 0 Å². The number of nitrogens with one attached hydrogen (secondary N) is 1. The Morgan fingerprint density at radius 2 is 2.16 bits per heavy atom. The predicted molar refractivity (Wildman–Crippen MR) is 74.7 cm³/mol. The molecule has 104 valence electrons. The number of primary amides is 1. The lowest BCUT2D eigenvalue weighted by atomic mass is 10.1. The van der Waals surface area contributed by atoms with Gasteiger partial charge in [-0.1, -0.05) is 6.07 Å². The number of nitrogens with two attached hydrogens (primary N) is 2. The molecule has 2 rings (SSSR count). The highest BCUT2D eigenvalue weighted by atomic mass is 32.2. The molecular formula is C12H17N3O3S. The molecule has 6 nitrogen and oxygen atoms in total. The molecule has 1 heterocycles. The van der Waals surface area contributed by atoms with Gasteiger partial charge in [-0.25, -0.2) is 8.42 Å². The molecule has 1 saturated heterocycles. The summed E-state index contributed by atoms with van der Waals surface area (Å²) in [5.74, 6) is -0.365. The quantitative estimate of drug-likeness (QED) is 0.690. The van der Waals surface area contributed by atoms with Crippen molar-refractivity contribution in [2.24, 2.45) is 5.73 Å². The number of rotatable bonds is 4. The van der Waals surface area contributed by atoms with Gasteiger partial charge in [0, 0.05) is 6.54 Å². The maximum absolute atomic E-state index is 11.7. The number of carbonyl (C=O) groups excluding carboxylic acids is 1. The molecule has 1 fully saturated rings. The smallest absolute Gasteiger partial charge is 0.250 e. The zero-order valence-electron chi connectivity index (χ0n) is 10.4. The van der Waals surface area contributed by atoms with Crippen molar-refractivity contribution in [3.05, 3.63) is 23.8 Å². The van der Waals surface area contributed by atoms with E-state index in [-0.39, 0.29) is 17.9 Å². The van der Waals surface area contributed by atoms with Crippen LogP contribution in [0, 0.1) is 0 Å². The summed E-state index contributed by atoms with van der Waals surface area (Å²) in [7, 11) is -3.02. The van der Waals surface area contributed by atoms with Gasteiger partial charge in [0.15, 0.2) is 9.84 Å². The Labute approximate surface area is 112 Å². The Hall–Kier alpha value is -1.76. The Morgan fingerprint density at radius 3 is 2.74 bits per heavy atom. The Balaban J connectivity index is 2.18. The lowest BCUT2D eigenvalue weighted by molar-refractivity contribution is 0.100. The van der Waals surface area contributed by atoms with Crippen molar-refractivity contribution in [2.45, 2.75) is 18.1 Å². The molecule has 5 N–H and O–H groups in total. The summed E-state index contributed by atoms with van der Waals surface area (Å²) in [6, 6.07) is 4.83. The van der Waals surface area contributed by atoms with Crippen LogP contribution in [-0.4, -0.2) is 31.9 Å². The molecule has 0 saturated carbocycles. The maximum atomic E-state index is 11.7. The second-order valence-corrected chi connectivity index (χ2v) is 7.05. The van der Waals surface area contributed by atoms with Crippen LogP contribution in [0.5, 0.6) is 0 Å². The molecule has 1 atom stereocenters. The van der Waals surface area contributed by atoms with Gasteiger partial charge in [0.2, 0.25) is 0 Å². The zero-order chi connectivity index (χ0) is 14.0. The van der Waals surface area contributed by atoms with E-state index in [1.807, 2.05) is 0 Å². The SMILES string of the molecule is NC(=O)c1cccc(N)c1NCC1CCCS1(=O)=O. The lowest BCUT2D eigenvalue weighted by Gasteiger charge is -2.15. The summed E-state index contributed by atoms with van der Waals surface area (Å²) in [5, 5.41) is 2.53. The summed E-state index contributed by atoms with van der Waals surface area (Å²) >= 11 is 0. The van der Waals surface area contributed by atoms with Gasteiger partial charge >= 0.3 is 0 Å². The number of amides is 1. The average Bonchev–Trinajstić information content (AvgIpc) is 2.66. The van der Waals surface area contributed by atoms with Crippen molar-refractivity contribution < 1.29 is 13.2 Å². The second kappa shape index (κ2) is 5.08. The fourth-order valence-electron chi connectivity index (χ4n) is 2.28. The van der Waals surface area contributed by atoms with Crippen molar-refractivity contribution in [3.63, 3.8) is 0 Å². The van der Waals surface area contributed by atoms with E-state index in [1.54, 1.807) is 18.2 Å². The molecular weight excluding hydrogens is 266 g/mol. The minimum atomic E-state index is -3.02. The van der Waals surface area contributed by atoms with Crippen LogP contribution in [-0.2, 0) is 9.84 Å². The molecule has 0 radical (unpaired) electrons. The molecule has 19 heavy (non-hydrogen) atoms. The van der Waals surface area contributed by atoms with Crippen LogP contribution in [0.3, 0.4) is 0 Å². The number of sulfone groups is 1. The van der Waals surface area contributed by atoms with Gasteiger partial charge in [-0.3, -0.25) is 4.79 Å². The molecule has 1 aromatic carbocycles. The summed E-state index contributed by atoms with van der Waals surface area (Å²) in [5.41, 5.74) is 12.1. The van der Waals surface area contributed by atoms with Crippen LogP contribution in [0.2, 0.25) is 0 Å². The number of hydrogen-bond donors (Lipinski definition) is 3. The third-order valence-electron chi connectivity index (χ3n) is 3.33. The van der Waals surface area contributed by atoms with Crippen LogP contribution in [0.4, 0.5) is 11.4 Å². The molecule has 1 amide bonds. The van der Waals surface area contributed by atoms with Crippen molar-refractivity contribution in [1.29, 1.82) is 0 Å². The standard InChI is InChI=1S/C12H17N3O3S/c13-10-5-1-4-9(12(14)16)11(10)15-7-8-3-2-6-19(8,17)18/h1,4-5,8,15H,2-3,6-7,13H2,(H2,14,16). The average molecular weight is 283 g/mol. The summed E-state index contributed by atoms with van der Waals surface area (Å²) in [4.78, 5) is 11.3. The number of carbonyl (C=O) groups is 1. The van der Waals surface area contributed by atoms with Gasteiger partial charge in [-0.15, -0.1) is 0 Å². The molecule has 0 aliphatic carbocycles. The normalized spacial score (nSPS) is 21.2. The van der Waals surface area contributed by atoms with Crippen LogP contribution in [0.15, 0.2) is 18.2 Å². The third-order valence-corrected chi connectivity index (χ3v) is 5.61. The fraction of sp³-hybridized carbons (Fsp3) is 0.417. The van der Waals surface area contributed by atoms with E-state index < -0.39 is 21.0 Å². The second-order valence-electron chi connectivity index (χ2n) is 4.65. The van der Waals surface area contributed by atoms with E-state index in [2.05, 4.69) is 5.32 Å². The van der Waals surface area contributed by atoms with Crippen LogP contribution >= 0.6 is 0 Å². The molecule has 1 unspecified atom stereocenters. The van der Waals surface area contributed by atoms with E-state index in [0.717, 1.165) is 0 Å². The first-order valence-corrected chi connectivity index (χ1v) is 7.77. The van der Waals surface area contributed by atoms with Crippen LogP contribution in [0.1, 0.15) is 23.2 Å². The fourth-order valence-corrected chi connectivity index (χ4v) is 4.04. The summed E-state index contributed by atoms with van der Waals surface area (Å²) in [6.45, 7) is 0.247. The van der Waals surface area contributed by atoms with E-state index in [4.69, 9.17) is 11.5 Å². The predicted octanol–water partition coefficient (Wildman–Crippen LogP) is 0.357. The van der Waals surface area contributed by atoms with Crippen LogP contribution < -0.4 is 16.8 Å². The third kappa shape index (κ3) is 2.81. The molecule has 7 heteroatoms. The highest BCUT2D eigenvalue weighted by Crippen LogP contribution is 2.25. The topological polar surface area (TPSA) is 115 Å². The van der Waals surface area contributed by atoms with Gasteiger partial charge in [-0.05, 0) is 25.0 Å². The van der Waals surface area contributed by atoms with Gasteiger partial charge in [0.1, 0.15) is 0 Å². The summed E-state index contributed by atoms with van der Waals surface area (Å²) in [6.07, 6.45) is 1.32. The van der Waals surface area contributed by atoms with E-state index in [0.29, 0.717) is 24.2 Å². The Kier molecular flexibility index (Phi) is 3.66. The van der Waals surface area contributed by atoms with Gasteiger partial charge in [0.05, 0.1) is 27.9 Å². The number of para-hydroxylation sites is 1. The Morgan fingerprint density at radius 1 is 1.42 bits per heavy atom. The summed E-state index contributed by atoms with van der Waals surface area (Å²) < 4.78 is 23.4. The van der Waals surface area contributed by atoms with Crippen molar-refractivity contribution in [3.8, 4) is 0 Å². The zero-order valence-corrected chi connectivity index (χ0v) is 11.2. The molecule has 0 bridgehead atoms. The van der Waals surface area contributed by atoms with Crippen molar-refractivity contribution >= 4 is 27.1 Å². The molecule has 1 aromatic rings. The minimum absolute atomic E-state index is 0.228. The monoisotopic (exact) mass is 283 g/mol. The number of benzene rings is 1. The number of anilines is 2. The Bertz CT molecular complexity index is 598. The van der Waals surface area contributed by atoms with Crippen molar-refractivity contribution in [1.82, 2.24) is 0 Å². The first-order chi connectivity index (χ1) is 8.92. The number of nitrogen functional groups attached to an aromatic ring is 1. The lowest BCUT2D eigenvalue weighted by Crippen LogP contribution is -2.26. The highest BCUT2D eigenvalue weighted by Gasteiger charge is 2.31. The maximum Gasteiger partial charge on any atom is 0.250 e. The van der Waals surface area contributed by atoms with Gasteiger partial charge < -0.3 is 16.8 Å².